The summed E-state index contributed by atoms with van der Waals surface area (Å²) in [6, 6.07) is 19.0. The summed E-state index contributed by atoms with van der Waals surface area (Å²) in [7, 11) is -3.65. The molecule has 8 heteroatoms. The summed E-state index contributed by atoms with van der Waals surface area (Å²) in [6.45, 7) is 2.11. The zero-order valence-electron chi connectivity index (χ0n) is 16.5. The lowest BCUT2D eigenvalue weighted by Gasteiger charge is -2.07. The minimum Gasteiger partial charge on any atom is -0.294 e. The van der Waals surface area contributed by atoms with Gasteiger partial charge in [-0.1, -0.05) is 41.7 Å². The average molecular weight is 452 g/mol. The standard InChI is InChI=1S/C23H18FN3O2S2/c1-15-22(30-23-26-21(14-27(15)23)17-6-9-19(24)10-7-17)13-25-31(28,29)20-11-8-16-4-2-3-5-18(16)12-20/h2-12,14,25H,13H2,1H3. The maximum absolute atomic E-state index is 13.2. The van der Waals surface area contributed by atoms with Crippen molar-refractivity contribution in [3.05, 3.63) is 89.3 Å². The highest BCUT2D eigenvalue weighted by molar-refractivity contribution is 7.89. The zero-order valence-corrected chi connectivity index (χ0v) is 18.2. The lowest BCUT2D eigenvalue weighted by atomic mass is 10.1. The molecule has 0 bridgehead atoms. The summed E-state index contributed by atoms with van der Waals surface area (Å²) < 4.78 is 43.4. The Labute approximate surface area is 182 Å². The van der Waals surface area contributed by atoms with E-state index in [1.807, 2.05) is 47.9 Å². The van der Waals surface area contributed by atoms with Gasteiger partial charge < -0.3 is 0 Å². The summed E-state index contributed by atoms with van der Waals surface area (Å²) in [5.41, 5.74) is 2.50. The van der Waals surface area contributed by atoms with Gasteiger partial charge in [-0.15, -0.1) is 0 Å². The van der Waals surface area contributed by atoms with Crippen molar-refractivity contribution < 1.29 is 12.8 Å². The summed E-state index contributed by atoms with van der Waals surface area (Å²) in [5, 5.41) is 1.87. The molecule has 3 aromatic carbocycles. The van der Waals surface area contributed by atoms with Gasteiger partial charge in [0.15, 0.2) is 4.96 Å². The van der Waals surface area contributed by atoms with Crippen LogP contribution in [-0.4, -0.2) is 17.8 Å². The summed E-state index contributed by atoms with van der Waals surface area (Å²) in [5.74, 6) is -0.290. The second kappa shape index (κ2) is 7.56. The normalized spacial score (nSPS) is 12.1. The van der Waals surface area contributed by atoms with Crippen LogP contribution in [0, 0.1) is 12.7 Å². The third-order valence-electron chi connectivity index (χ3n) is 5.25. The largest absolute Gasteiger partial charge is 0.294 e. The summed E-state index contributed by atoms with van der Waals surface area (Å²) in [4.78, 5) is 6.50. The molecule has 0 aliphatic heterocycles. The Bertz CT molecular complexity index is 1520. The molecule has 0 atom stereocenters. The lowest BCUT2D eigenvalue weighted by molar-refractivity contribution is 0.581. The molecule has 0 unspecified atom stereocenters. The predicted octanol–water partition coefficient (Wildman–Crippen LogP) is 5.14. The molecule has 5 rings (SSSR count). The topological polar surface area (TPSA) is 63.5 Å². The van der Waals surface area contributed by atoms with E-state index in [0.717, 1.165) is 37.6 Å². The molecule has 31 heavy (non-hydrogen) atoms. The molecule has 0 fully saturated rings. The first-order valence-corrected chi connectivity index (χ1v) is 11.9. The number of rotatable bonds is 5. The van der Waals surface area contributed by atoms with Crippen LogP contribution in [0.3, 0.4) is 0 Å². The highest BCUT2D eigenvalue weighted by Crippen LogP contribution is 2.28. The lowest BCUT2D eigenvalue weighted by Crippen LogP contribution is -2.23. The number of nitrogens with one attached hydrogen (secondary N) is 1. The molecule has 0 amide bonds. The van der Waals surface area contributed by atoms with E-state index in [2.05, 4.69) is 9.71 Å². The smallest absolute Gasteiger partial charge is 0.240 e. The number of benzene rings is 3. The average Bonchev–Trinajstić information content (AvgIpc) is 3.32. The second-order valence-corrected chi connectivity index (χ2v) is 10.1. The van der Waals surface area contributed by atoms with Crippen molar-refractivity contribution in [2.24, 2.45) is 0 Å². The van der Waals surface area contributed by atoms with Gasteiger partial charge in [-0.3, -0.25) is 4.40 Å². The first-order valence-electron chi connectivity index (χ1n) is 9.62. The molecule has 5 aromatic rings. The minimum atomic E-state index is -3.65. The van der Waals surface area contributed by atoms with Gasteiger partial charge in [-0.25, -0.2) is 22.5 Å². The van der Waals surface area contributed by atoms with Gasteiger partial charge in [0.1, 0.15) is 5.82 Å². The van der Waals surface area contributed by atoms with E-state index in [1.165, 1.54) is 23.5 Å². The SMILES string of the molecule is Cc1c(CNS(=O)(=O)c2ccc3ccccc3c2)sc2nc(-c3ccc(F)cc3)cn12. The fraction of sp³-hybridized carbons (Fsp3) is 0.0870. The Hall–Kier alpha value is -3.07. The van der Waals surface area contributed by atoms with Crippen molar-refractivity contribution in [2.75, 3.05) is 0 Å². The monoisotopic (exact) mass is 451 g/mol. The fourth-order valence-corrected chi connectivity index (χ4v) is 5.66. The molecule has 2 heterocycles. The number of hydrogen-bond donors (Lipinski definition) is 1. The number of aromatic nitrogens is 2. The van der Waals surface area contributed by atoms with Gasteiger partial charge in [0.2, 0.25) is 10.0 Å². The summed E-state index contributed by atoms with van der Waals surface area (Å²) >= 11 is 1.43. The Kier molecular flexibility index (Phi) is 4.85. The number of sulfonamides is 1. The van der Waals surface area contributed by atoms with Crippen LogP contribution in [0.2, 0.25) is 0 Å². The Morgan fingerprint density at radius 3 is 2.52 bits per heavy atom. The second-order valence-electron chi connectivity index (χ2n) is 7.23. The van der Waals surface area contributed by atoms with E-state index in [9.17, 15) is 12.8 Å². The third-order valence-corrected chi connectivity index (χ3v) is 7.80. The van der Waals surface area contributed by atoms with Crippen molar-refractivity contribution >= 4 is 37.1 Å². The number of halogens is 1. The van der Waals surface area contributed by atoms with Crippen LogP contribution < -0.4 is 4.72 Å². The van der Waals surface area contributed by atoms with Crippen molar-refractivity contribution in [1.82, 2.24) is 14.1 Å². The zero-order chi connectivity index (χ0) is 21.6. The Morgan fingerprint density at radius 2 is 1.77 bits per heavy atom. The fourth-order valence-electron chi connectivity index (χ4n) is 3.50. The van der Waals surface area contributed by atoms with E-state index >= 15 is 0 Å². The molecule has 0 radical (unpaired) electrons. The molecule has 0 saturated carbocycles. The molecule has 0 saturated heterocycles. The van der Waals surface area contributed by atoms with Gasteiger partial charge in [-0.2, -0.15) is 0 Å². The van der Waals surface area contributed by atoms with Crippen molar-refractivity contribution in [1.29, 1.82) is 0 Å². The first kappa shape index (κ1) is 19.9. The molecule has 0 aliphatic carbocycles. The molecule has 2 aromatic heterocycles. The number of thiazole rings is 1. The van der Waals surface area contributed by atoms with Gasteiger partial charge in [-0.05, 0) is 54.1 Å². The summed E-state index contributed by atoms with van der Waals surface area (Å²) in [6.07, 6.45) is 1.88. The van der Waals surface area contributed by atoms with Gasteiger partial charge >= 0.3 is 0 Å². The highest BCUT2D eigenvalue weighted by Gasteiger charge is 2.18. The quantitative estimate of drug-likeness (QED) is 0.402. The maximum atomic E-state index is 13.2. The van der Waals surface area contributed by atoms with Crippen molar-refractivity contribution in [3.8, 4) is 11.3 Å². The molecular formula is C23H18FN3O2S2. The Morgan fingerprint density at radius 1 is 1.03 bits per heavy atom. The van der Waals surface area contributed by atoms with Gasteiger partial charge in [0, 0.05) is 28.9 Å². The number of fused-ring (bicyclic) bond motifs is 2. The van der Waals surface area contributed by atoms with E-state index in [0.29, 0.717) is 0 Å². The predicted molar refractivity (Wildman–Crippen MR) is 121 cm³/mol. The Balaban J connectivity index is 1.39. The van der Waals surface area contributed by atoms with Crippen LogP contribution in [0.1, 0.15) is 10.6 Å². The van der Waals surface area contributed by atoms with Crippen LogP contribution >= 0.6 is 11.3 Å². The van der Waals surface area contributed by atoms with Gasteiger partial charge in [0.05, 0.1) is 10.6 Å². The van der Waals surface area contributed by atoms with Crippen LogP contribution in [0.5, 0.6) is 0 Å². The van der Waals surface area contributed by atoms with Crippen LogP contribution in [0.4, 0.5) is 4.39 Å². The first-order chi connectivity index (χ1) is 14.9. The van der Waals surface area contributed by atoms with Crippen LogP contribution in [0.15, 0.2) is 77.8 Å². The number of hydrogen-bond acceptors (Lipinski definition) is 4. The number of imidazole rings is 1. The van der Waals surface area contributed by atoms with Crippen LogP contribution in [-0.2, 0) is 16.6 Å². The van der Waals surface area contributed by atoms with E-state index < -0.39 is 10.0 Å². The van der Waals surface area contributed by atoms with E-state index in [4.69, 9.17) is 0 Å². The van der Waals surface area contributed by atoms with E-state index in [-0.39, 0.29) is 17.3 Å². The number of nitrogens with zero attached hydrogens (tertiary/aromatic N) is 2. The molecule has 5 nitrogen and oxygen atoms in total. The van der Waals surface area contributed by atoms with Crippen molar-refractivity contribution in [3.63, 3.8) is 0 Å². The van der Waals surface area contributed by atoms with Crippen molar-refractivity contribution in [2.45, 2.75) is 18.4 Å². The molecule has 0 spiro atoms. The minimum absolute atomic E-state index is 0.181. The molecule has 1 N–H and O–H groups in total. The maximum Gasteiger partial charge on any atom is 0.240 e. The van der Waals surface area contributed by atoms with Crippen LogP contribution in [0.25, 0.3) is 27.0 Å². The number of aryl methyl sites for hydroxylation is 1. The molecular weight excluding hydrogens is 433 g/mol. The highest BCUT2D eigenvalue weighted by atomic mass is 32.2. The van der Waals surface area contributed by atoms with Gasteiger partial charge in [0.25, 0.3) is 0 Å². The van der Waals surface area contributed by atoms with E-state index in [1.54, 1.807) is 24.3 Å². The molecule has 0 aliphatic rings. The third kappa shape index (κ3) is 3.74. The molecule has 156 valence electrons.